The number of amides is 1. The summed E-state index contributed by atoms with van der Waals surface area (Å²) in [6.45, 7) is 1.82. The van der Waals surface area contributed by atoms with Crippen molar-refractivity contribution in [2.75, 3.05) is 25.0 Å². The molecule has 5 heteroatoms. The molecule has 1 aliphatic rings. The van der Waals surface area contributed by atoms with Gasteiger partial charge in [-0.15, -0.1) is 0 Å². The molecule has 0 saturated carbocycles. The van der Waals surface area contributed by atoms with E-state index in [1.165, 1.54) is 0 Å². The molecule has 0 aliphatic carbocycles. The second-order valence-corrected chi connectivity index (χ2v) is 4.69. The molecule has 2 heterocycles. The summed E-state index contributed by atoms with van der Waals surface area (Å²) >= 11 is 5.89. The third-order valence-corrected chi connectivity index (χ3v) is 3.31. The van der Waals surface area contributed by atoms with Crippen molar-refractivity contribution >= 4 is 23.3 Å². The van der Waals surface area contributed by atoms with Crippen LogP contribution in [-0.2, 0) is 4.79 Å². The highest BCUT2D eigenvalue weighted by molar-refractivity contribution is 6.30. The predicted octanol–water partition coefficient (Wildman–Crippen LogP) is 1.70. The number of hydrogen-bond acceptors (Lipinski definition) is 3. The molecule has 0 unspecified atom stereocenters. The number of nitrogens with zero attached hydrogens (tertiary/aromatic N) is 2. The molecule has 0 spiro atoms. The van der Waals surface area contributed by atoms with Gasteiger partial charge in [-0.1, -0.05) is 11.6 Å². The number of pyridine rings is 1. The van der Waals surface area contributed by atoms with E-state index in [2.05, 4.69) is 10.3 Å². The van der Waals surface area contributed by atoms with Gasteiger partial charge in [0, 0.05) is 24.2 Å². The number of carbonyl (C=O) groups excluding carboxylic acids is 1. The van der Waals surface area contributed by atoms with Gasteiger partial charge in [-0.25, -0.2) is 4.98 Å². The third-order valence-electron chi connectivity index (χ3n) is 3.07. The van der Waals surface area contributed by atoms with Crippen LogP contribution in [-0.4, -0.2) is 31.0 Å². The first kappa shape index (κ1) is 12.3. The summed E-state index contributed by atoms with van der Waals surface area (Å²) in [6.07, 6.45) is 3.40. The van der Waals surface area contributed by atoms with Crippen LogP contribution >= 0.6 is 11.6 Å². The number of anilines is 1. The molecule has 1 saturated heterocycles. The quantitative estimate of drug-likeness (QED) is 0.873. The van der Waals surface area contributed by atoms with E-state index in [0.29, 0.717) is 10.8 Å². The van der Waals surface area contributed by atoms with Gasteiger partial charge in [0.05, 0.1) is 0 Å². The molecule has 1 aromatic rings. The molecule has 4 nitrogen and oxygen atoms in total. The first-order valence-corrected chi connectivity index (χ1v) is 6.16. The van der Waals surface area contributed by atoms with Crippen LogP contribution < -0.4 is 10.2 Å². The minimum atomic E-state index is 0.0991. The summed E-state index contributed by atoms with van der Waals surface area (Å²) < 4.78 is 0. The van der Waals surface area contributed by atoms with Crippen molar-refractivity contribution in [3.05, 3.63) is 23.4 Å². The maximum absolute atomic E-state index is 12.2. The Labute approximate surface area is 106 Å². The normalized spacial score (nSPS) is 16.8. The molecule has 1 amide bonds. The lowest BCUT2D eigenvalue weighted by Gasteiger charge is -2.26. The van der Waals surface area contributed by atoms with Crippen molar-refractivity contribution < 1.29 is 4.79 Å². The van der Waals surface area contributed by atoms with Crippen molar-refractivity contribution in [1.29, 1.82) is 0 Å². The Kier molecular flexibility index (Phi) is 3.97. The smallest absolute Gasteiger partial charge is 0.231 e. The Balaban J connectivity index is 2.08. The lowest BCUT2D eigenvalue weighted by Crippen LogP contribution is -2.39. The molecular formula is C12H16ClN3O. The van der Waals surface area contributed by atoms with Gasteiger partial charge in [0.25, 0.3) is 0 Å². The van der Waals surface area contributed by atoms with Crippen LogP contribution in [0.2, 0.25) is 5.02 Å². The molecule has 2 rings (SSSR count). The number of piperidine rings is 1. The van der Waals surface area contributed by atoms with Gasteiger partial charge in [-0.2, -0.15) is 0 Å². The summed E-state index contributed by atoms with van der Waals surface area (Å²) in [5, 5.41) is 3.85. The van der Waals surface area contributed by atoms with E-state index in [1.54, 1.807) is 30.3 Å². The number of nitrogens with one attached hydrogen (secondary N) is 1. The van der Waals surface area contributed by atoms with Crippen LogP contribution in [0, 0.1) is 5.92 Å². The zero-order valence-corrected chi connectivity index (χ0v) is 10.6. The Morgan fingerprint density at radius 3 is 2.88 bits per heavy atom. The van der Waals surface area contributed by atoms with E-state index in [9.17, 15) is 4.79 Å². The minimum absolute atomic E-state index is 0.0991. The highest BCUT2D eigenvalue weighted by Gasteiger charge is 2.25. The second kappa shape index (κ2) is 5.47. The van der Waals surface area contributed by atoms with Crippen molar-refractivity contribution in [2.45, 2.75) is 12.8 Å². The highest BCUT2D eigenvalue weighted by Crippen LogP contribution is 2.20. The summed E-state index contributed by atoms with van der Waals surface area (Å²) in [7, 11) is 1.75. The fraction of sp³-hybridized carbons (Fsp3) is 0.500. The van der Waals surface area contributed by atoms with E-state index in [-0.39, 0.29) is 11.8 Å². The molecule has 92 valence electrons. The standard InChI is InChI=1S/C12H16ClN3O/c1-16(11-8-10(13)4-7-15-11)12(17)9-2-5-14-6-3-9/h4,7-9,14H,2-3,5-6H2,1H3. The summed E-state index contributed by atoms with van der Waals surface area (Å²) in [6, 6.07) is 3.41. The van der Waals surface area contributed by atoms with E-state index >= 15 is 0 Å². The largest absolute Gasteiger partial charge is 0.317 e. The number of rotatable bonds is 2. The molecular weight excluding hydrogens is 238 g/mol. The van der Waals surface area contributed by atoms with Crippen molar-refractivity contribution in [3.63, 3.8) is 0 Å². The van der Waals surface area contributed by atoms with E-state index in [4.69, 9.17) is 11.6 Å². The molecule has 1 aliphatic heterocycles. The SMILES string of the molecule is CN(C(=O)C1CCNCC1)c1cc(Cl)ccn1. The van der Waals surface area contributed by atoms with E-state index < -0.39 is 0 Å². The van der Waals surface area contributed by atoms with Crippen LogP contribution in [0.25, 0.3) is 0 Å². The highest BCUT2D eigenvalue weighted by atomic mass is 35.5. The van der Waals surface area contributed by atoms with Gasteiger partial charge in [0.15, 0.2) is 0 Å². The van der Waals surface area contributed by atoms with Crippen molar-refractivity contribution in [1.82, 2.24) is 10.3 Å². The zero-order chi connectivity index (χ0) is 12.3. The van der Waals surface area contributed by atoms with Crippen LogP contribution in [0.4, 0.5) is 5.82 Å². The average Bonchev–Trinajstić information content (AvgIpc) is 2.38. The second-order valence-electron chi connectivity index (χ2n) is 4.25. The first-order valence-electron chi connectivity index (χ1n) is 5.78. The maximum Gasteiger partial charge on any atom is 0.231 e. The van der Waals surface area contributed by atoms with Gasteiger partial charge in [-0.05, 0) is 38.1 Å². The van der Waals surface area contributed by atoms with Crippen molar-refractivity contribution in [2.24, 2.45) is 5.92 Å². The zero-order valence-electron chi connectivity index (χ0n) is 9.82. The van der Waals surface area contributed by atoms with Gasteiger partial charge < -0.3 is 5.32 Å². The van der Waals surface area contributed by atoms with Crippen molar-refractivity contribution in [3.8, 4) is 0 Å². The fourth-order valence-electron chi connectivity index (χ4n) is 2.03. The molecule has 17 heavy (non-hydrogen) atoms. The van der Waals surface area contributed by atoms with Crippen LogP contribution in [0.1, 0.15) is 12.8 Å². The fourth-order valence-corrected chi connectivity index (χ4v) is 2.19. The lowest BCUT2D eigenvalue weighted by atomic mass is 9.97. The molecule has 0 atom stereocenters. The Morgan fingerprint density at radius 1 is 1.53 bits per heavy atom. The number of aromatic nitrogens is 1. The first-order chi connectivity index (χ1) is 8.18. The molecule has 0 aromatic carbocycles. The van der Waals surface area contributed by atoms with Crippen LogP contribution in [0.15, 0.2) is 18.3 Å². The maximum atomic E-state index is 12.2. The number of hydrogen-bond donors (Lipinski definition) is 1. The van der Waals surface area contributed by atoms with Gasteiger partial charge in [0.2, 0.25) is 5.91 Å². The average molecular weight is 254 g/mol. The predicted molar refractivity (Wildman–Crippen MR) is 68.3 cm³/mol. The van der Waals surface area contributed by atoms with Crippen LogP contribution in [0.5, 0.6) is 0 Å². The number of carbonyl (C=O) groups is 1. The Bertz CT molecular complexity index is 404. The van der Waals surface area contributed by atoms with E-state index in [0.717, 1.165) is 25.9 Å². The monoisotopic (exact) mass is 253 g/mol. The third kappa shape index (κ3) is 2.96. The lowest BCUT2D eigenvalue weighted by molar-refractivity contribution is -0.122. The molecule has 1 N–H and O–H groups in total. The topological polar surface area (TPSA) is 45.2 Å². The van der Waals surface area contributed by atoms with Gasteiger partial charge in [-0.3, -0.25) is 9.69 Å². The Morgan fingerprint density at radius 2 is 2.24 bits per heavy atom. The summed E-state index contributed by atoms with van der Waals surface area (Å²) in [4.78, 5) is 18.0. The molecule has 0 bridgehead atoms. The Hall–Kier alpha value is -1.13. The van der Waals surface area contributed by atoms with Gasteiger partial charge >= 0.3 is 0 Å². The molecule has 1 fully saturated rings. The van der Waals surface area contributed by atoms with Crippen LogP contribution in [0.3, 0.4) is 0 Å². The van der Waals surface area contributed by atoms with E-state index in [1.807, 2.05) is 0 Å². The minimum Gasteiger partial charge on any atom is -0.317 e. The number of halogens is 1. The summed E-state index contributed by atoms with van der Waals surface area (Å²) in [5.41, 5.74) is 0. The van der Waals surface area contributed by atoms with Gasteiger partial charge in [0.1, 0.15) is 5.82 Å². The molecule has 1 aromatic heterocycles. The summed E-state index contributed by atoms with van der Waals surface area (Å²) in [5.74, 6) is 0.837. The molecule has 0 radical (unpaired) electrons.